The van der Waals surface area contributed by atoms with Crippen LogP contribution in [-0.4, -0.2) is 13.0 Å². The lowest BCUT2D eigenvalue weighted by Gasteiger charge is -2.09. The van der Waals surface area contributed by atoms with Crippen LogP contribution in [0.1, 0.15) is 30.4 Å². The van der Waals surface area contributed by atoms with Crippen molar-refractivity contribution in [3.05, 3.63) is 65.7 Å². The van der Waals surface area contributed by atoms with E-state index >= 15 is 0 Å². The number of para-hydroxylation sites is 1. The predicted octanol–water partition coefficient (Wildman–Crippen LogP) is 3.72. The molecule has 0 radical (unpaired) electrons. The maximum absolute atomic E-state index is 11.9. The van der Waals surface area contributed by atoms with E-state index in [1.165, 1.54) is 5.56 Å². The zero-order chi connectivity index (χ0) is 15.6. The summed E-state index contributed by atoms with van der Waals surface area (Å²) in [6.45, 7) is 0.515. The summed E-state index contributed by atoms with van der Waals surface area (Å²) in [7, 11) is 1.64. The number of nitrogens with one attached hydrogen (secondary N) is 1. The Kier molecular flexibility index (Phi) is 6.49. The minimum atomic E-state index is 0.0963. The van der Waals surface area contributed by atoms with E-state index < -0.39 is 0 Å². The van der Waals surface area contributed by atoms with E-state index in [0.29, 0.717) is 13.0 Å². The van der Waals surface area contributed by atoms with Crippen LogP contribution in [0.4, 0.5) is 0 Å². The molecule has 0 fully saturated rings. The third-order valence-electron chi connectivity index (χ3n) is 3.63. The summed E-state index contributed by atoms with van der Waals surface area (Å²) in [5.74, 6) is 0.908. The fourth-order valence-electron chi connectivity index (χ4n) is 2.39. The molecule has 1 N–H and O–H groups in total. The molecule has 0 aromatic heterocycles. The van der Waals surface area contributed by atoms with Crippen molar-refractivity contribution in [1.29, 1.82) is 0 Å². The summed E-state index contributed by atoms with van der Waals surface area (Å²) in [5, 5.41) is 2.95. The van der Waals surface area contributed by atoms with Crippen molar-refractivity contribution in [3.63, 3.8) is 0 Å². The normalized spacial score (nSPS) is 10.2. The van der Waals surface area contributed by atoms with Gasteiger partial charge in [-0.3, -0.25) is 4.79 Å². The van der Waals surface area contributed by atoms with Gasteiger partial charge in [0.25, 0.3) is 0 Å². The summed E-state index contributed by atoms with van der Waals surface area (Å²) in [5.41, 5.74) is 2.33. The van der Waals surface area contributed by atoms with Crippen LogP contribution in [0, 0.1) is 0 Å². The molecule has 0 saturated carbocycles. The molecule has 0 heterocycles. The first-order chi connectivity index (χ1) is 10.8. The van der Waals surface area contributed by atoms with Crippen molar-refractivity contribution in [2.75, 3.05) is 7.11 Å². The molecule has 3 heteroatoms. The molecule has 2 aromatic carbocycles. The van der Waals surface area contributed by atoms with Crippen LogP contribution >= 0.6 is 0 Å². The number of carbonyl (C=O) groups is 1. The fraction of sp³-hybridized carbons (Fsp3) is 0.316. The van der Waals surface area contributed by atoms with Gasteiger partial charge in [0.2, 0.25) is 5.91 Å². The minimum absolute atomic E-state index is 0.0963. The third kappa shape index (κ3) is 5.24. The van der Waals surface area contributed by atoms with Crippen molar-refractivity contribution < 1.29 is 9.53 Å². The molecule has 0 aliphatic rings. The molecule has 2 rings (SSSR count). The fourth-order valence-corrected chi connectivity index (χ4v) is 2.39. The van der Waals surface area contributed by atoms with Crippen molar-refractivity contribution in [2.24, 2.45) is 0 Å². The third-order valence-corrected chi connectivity index (χ3v) is 3.63. The summed E-state index contributed by atoms with van der Waals surface area (Å²) < 4.78 is 5.27. The number of aryl methyl sites for hydroxylation is 1. The highest BCUT2D eigenvalue weighted by Gasteiger charge is 2.05. The number of amides is 1. The van der Waals surface area contributed by atoms with E-state index in [4.69, 9.17) is 4.74 Å². The zero-order valence-corrected chi connectivity index (χ0v) is 13.0. The maximum Gasteiger partial charge on any atom is 0.220 e. The molecule has 1 amide bonds. The highest BCUT2D eigenvalue weighted by molar-refractivity contribution is 5.75. The lowest BCUT2D eigenvalue weighted by molar-refractivity contribution is -0.121. The predicted molar refractivity (Wildman–Crippen MR) is 88.8 cm³/mol. The molecular formula is C19H23NO2. The van der Waals surface area contributed by atoms with Crippen LogP contribution in [0.15, 0.2) is 54.6 Å². The van der Waals surface area contributed by atoms with Crippen molar-refractivity contribution >= 4 is 5.91 Å². The first kappa shape index (κ1) is 16.1. The van der Waals surface area contributed by atoms with Crippen LogP contribution in [0.2, 0.25) is 0 Å². The van der Waals surface area contributed by atoms with Gasteiger partial charge in [0.1, 0.15) is 5.75 Å². The second-order valence-corrected chi connectivity index (χ2v) is 5.28. The largest absolute Gasteiger partial charge is 0.496 e. The SMILES string of the molecule is COc1ccccc1CNC(=O)CCCCc1ccccc1. The molecule has 22 heavy (non-hydrogen) atoms. The van der Waals surface area contributed by atoms with Crippen LogP contribution in [0.3, 0.4) is 0 Å². The Hall–Kier alpha value is -2.29. The second-order valence-electron chi connectivity index (χ2n) is 5.28. The van der Waals surface area contributed by atoms with Gasteiger partial charge in [0.15, 0.2) is 0 Å². The lowest BCUT2D eigenvalue weighted by Crippen LogP contribution is -2.22. The van der Waals surface area contributed by atoms with Gasteiger partial charge >= 0.3 is 0 Å². The maximum atomic E-state index is 11.9. The van der Waals surface area contributed by atoms with E-state index in [0.717, 1.165) is 30.6 Å². The number of rotatable bonds is 8. The first-order valence-corrected chi connectivity index (χ1v) is 7.72. The Morgan fingerprint density at radius 2 is 1.73 bits per heavy atom. The summed E-state index contributed by atoms with van der Waals surface area (Å²) >= 11 is 0. The van der Waals surface area contributed by atoms with Gasteiger partial charge in [0.05, 0.1) is 7.11 Å². The van der Waals surface area contributed by atoms with Crippen LogP contribution in [0.5, 0.6) is 5.75 Å². The Bertz CT molecular complexity index is 581. The number of hydrogen-bond donors (Lipinski definition) is 1. The monoisotopic (exact) mass is 297 g/mol. The highest BCUT2D eigenvalue weighted by Crippen LogP contribution is 2.16. The second kappa shape index (κ2) is 8.88. The molecule has 0 atom stereocenters. The average Bonchev–Trinajstić information content (AvgIpc) is 2.58. The molecule has 0 saturated heterocycles. The van der Waals surface area contributed by atoms with Gasteiger partial charge in [-0.25, -0.2) is 0 Å². The average molecular weight is 297 g/mol. The number of ether oxygens (including phenoxy) is 1. The molecule has 2 aromatic rings. The molecule has 0 aliphatic heterocycles. The molecule has 0 bridgehead atoms. The number of benzene rings is 2. The van der Waals surface area contributed by atoms with E-state index in [1.54, 1.807) is 7.11 Å². The van der Waals surface area contributed by atoms with E-state index in [1.807, 2.05) is 30.3 Å². The van der Waals surface area contributed by atoms with Crippen LogP contribution < -0.4 is 10.1 Å². The van der Waals surface area contributed by atoms with Gasteiger partial charge in [-0.2, -0.15) is 0 Å². The quantitative estimate of drug-likeness (QED) is 0.754. The number of carbonyl (C=O) groups excluding carboxylic acids is 1. The van der Waals surface area contributed by atoms with E-state index in [-0.39, 0.29) is 5.91 Å². The van der Waals surface area contributed by atoms with Gasteiger partial charge < -0.3 is 10.1 Å². The van der Waals surface area contributed by atoms with Gasteiger partial charge in [-0.15, -0.1) is 0 Å². The molecule has 0 unspecified atom stereocenters. The summed E-state index contributed by atoms with van der Waals surface area (Å²) in [6, 6.07) is 18.1. The highest BCUT2D eigenvalue weighted by atomic mass is 16.5. The Labute approximate surface area is 132 Å². The number of hydrogen-bond acceptors (Lipinski definition) is 2. The Morgan fingerprint density at radius 1 is 1.00 bits per heavy atom. The molecular weight excluding hydrogens is 274 g/mol. The Morgan fingerprint density at radius 3 is 2.50 bits per heavy atom. The minimum Gasteiger partial charge on any atom is -0.496 e. The zero-order valence-electron chi connectivity index (χ0n) is 13.0. The topological polar surface area (TPSA) is 38.3 Å². The molecule has 0 spiro atoms. The van der Waals surface area contributed by atoms with Gasteiger partial charge in [-0.05, 0) is 30.9 Å². The van der Waals surface area contributed by atoms with E-state index in [9.17, 15) is 4.79 Å². The van der Waals surface area contributed by atoms with Crippen LogP contribution in [-0.2, 0) is 17.8 Å². The standard InChI is InChI=1S/C19H23NO2/c1-22-18-13-7-6-12-17(18)15-20-19(21)14-8-5-11-16-9-3-2-4-10-16/h2-4,6-7,9-10,12-13H,5,8,11,14-15H2,1H3,(H,20,21). The summed E-state index contributed by atoms with van der Waals surface area (Å²) in [6.07, 6.45) is 3.54. The number of unbranched alkanes of at least 4 members (excludes halogenated alkanes) is 1. The van der Waals surface area contributed by atoms with Gasteiger partial charge in [-0.1, -0.05) is 48.5 Å². The van der Waals surface area contributed by atoms with Crippen molar-refractivity contribution in [2.45, 2.75) is 32.2 Å². The van der Waals surface area contributed by atoms with E-state index in [2.05, 4.69) is 29.6 Å². The lowest BCUT2D eigenvalue weighted by atomic mass is 10.1. The number of methoxy groups -OCH3 is 1. The summed E-state index contributed by atoms with van der Waals surface area (Å²) in [4.78, 5) is 11.9. The van der Waals surface area contributed by atoms with Crippen LogP contribution in [0.25, 0.3) is 0 Å². The smallest absolute Gasteiger partial charge is 0.220 e. The van der Waals surface area contributed by atoms with Crippen molar-refractivity contribution in [1.82, 2.24) is 5.32 Å². The first-order valence-electron chi connectivity index (χ1n) is 7.72. The van der Waals surface area contributed by atoms with Gasteiger partial charge in [0, 0.05) is 18.5 Å². The molecule has 116 valence electrons. The Balaban J connectivity index is 1.66. The molecule has 0 aliphatic carbocycles. The molecule has 3 nitrogen and oxygen atoms in total. The van der Waals surface area contributed by atoms with Crippen molar-refractivity contribution in [3.8, 4) is 5.75 Å².